The predicted octanol–water partition coefficient (Wildman–Crippen LogP) is 0.165. The Morgan fingerprint density at radius 1 is 1.28 bits per heavy atom. The maximum absolute atomic E-state index is 12.8. The van der Waals surface area contributed by atoms with E-state index < -0.39 is 41.9 Å². The molecule has 2 fully saturated rings. The molecule has 7 heteroatoms. The van der Waals surface area contributed by atoms with Crippen LogP contribution in [-0.4, -0.2) is 53.6 Å². The first-order valence-electron chi connectivity index (χ1n) is 8.30. The Balaban J connectivity index is 2.13. The first-order chi connectivity index (χ1) is 11.9. The molecule has 0 aromatic heterocycles. The van der Waals surface area contributed by atoms with E-state index in [1.54, 1.807) is 6.92 Å². The lowest BCUT2D eigenvalue weighted by molar-refractivity contribution is -0.156. The van der Waals surface area contributed by atoms with Crippen LogP contribution in [0.2, 0.25) is 0 Å². The van der Waals surface area contributed by atoms with Crippen molar-refractivity contribution in [2.75, 3.05) is 20.3 Å². The number of nitrogens with zero attached hydrogens (tertiary/aromatic N) is 1. The second-order valence-electron chi connectivity index (χ2n) is 6.58. The van der Waals surface area contributed by atoms with Gasteiger partial charge in [0.15, 0.2) is 5.54 Å². The number of benzene rings is 1. The number of amides is 2. The summed E-state index contributed by atoms with van der Waals surface area (Å²) in [6, 6.07) is 6.98. The van der Waals surface area contributed by atoms with Crippen molar-refractivity contribution in [1.29, 1.82) is 0 Å². The first-order valence-corrected chi connectivity index (χ1v) is 8.30. The maximum atomic E-state index is 12.8. The van der Waals surface area contributed by atoms with E-state index in [1.807, 2.05) is 31.2 Å². The number of hydrogen-bond donors (Lipinski definition) is 2. The van der Waals surface area contributed by atoms with Gasteiger partial charge in [0.2, 0.25) is 11.8 Å². The van der Waals surface area contributed by atoms with Crippen LogP contribution >= 0.6 is 0 Å². The molecule has 3 rings (SSSR count). The molecule has 2 aliphatic rings. The number of aliphatic hydroxyl groups excluding tert-OH is 1. The van der Waals surface area contributed by atoms with E-state index in [4.69, 9.17) is 4.74 Å². The van der Waals surface area contributed by atoms with Crippen LogP contribution in [0.5, 0.6) is 0 Å². The van der Waals surface area contributed by atoms with E-state index >= 15 is 0 Å². The number of imide groups is 1. The van der Waals surface area contributed by atoms with Crippen molar-refractivity contribution in [3.05, 3.63) is 35.4 Å². The number of methoxy groups -OCH3 is 1. The highest BCUT2D eigenvalue weighted by molar-refractivity contribution is 6.09. The Morgan fingerprint density at radius 3 is 2.44 bits per heavy atom. The number of aliphatic hydroxyl groups is 1. The maximum Gasteiger partial charge on any atom is 0.329 e. The van der Waals surface area contributed by atoms with Gasteiger partial charge in [-0.15, -0.1) is 0 Å². The van der Waals surface area contributed by atoms with Crippen LogP contribution in [0.25, 0.3) is 0 Å². The number of fused-ring (bicyclic) bond motifs is 1. The average molecular weight is 346 g/mol. The fourth-order valence-corrected chi connectivity index (χ4v) is 4.01. The third kappa shape index (κ3) is 2.38. The van der Waals surface area contributed by atoms with E-state index in [0.717, 1.165) is 16.0 Å². The van der Waals surface area contributed by atoms with Crippen LogP contribution in [0, 0.1) is 18.8 Å². The molecule has 0 bridgehead atoms. The van der Waals surface area contributed by atoms with Gasteiger partial charge in [-0.05, 0) is 19.4 Å². The summed E-state index contributed by atoms with van der Waals surface area (Å²) >= 11 is 0. The highest BCUT2D eigenvalue weighted by atomic mass is 16.5. The van der Waals surface area contributed by atoms with Crippen LogP contribution in [0.15, 0.2) is 24.3 Å². The molecule has 1 aromatic rings. The number of rotatable bonds is 4. The number of aryl methyl sites for hydroxylation is 1. The van der Waals surface area contributed by atoms with Gasteiger partial charge in [0, 0.05) is 12.6 Å². The second kappa shape index (κ2) is 6.24. The Labute approximate surface area is 146 Å². The fraction of sp³-hybridized carbons (Fsp3) is 0.500. The monoisotopic (exact) mass is 346 g/mol. The van der Waals surface area contributed by atoms with Crippen LogP contribution in [0.3, 0.4) is 0 Å². The van der Waals surface area contributed by atoms with E-state index in [-0.39, 0.29) is 12.5 Å². The Kier molecular flexibility index (Phi) is 4.38. The van der Waals surface area contributed by atoms with Crippen LogP contribution < -0.4 is 5.32 Å². The Morgan fingerprint density at radius 2 is 1.92 bits per heavy atom. The molecule has 25 heavy (non-hydrogen) atoms. The Hall–Kier alpha value is -2.25. The molecule has 1 aromatic carbocycles. The molecule has 2 N–H and O–H groups in total. The minimum Gasteiger partial charge on any atom is -0.468 e. The summed E-state index contributed by atoms with van der Waals surface area (Å²) in [7, 11) is 1.20. The normalized spacial score (nSPS) is 31.4. The number of carbonyl (C=O) groups is 3. The third-order valence-corrected chi connectivity index (χ3v) is 5.30. The van der Waals surface area contributed by atoms with Gasteiger partial charge in [-0.1, -0.05) is 29.8 Å². The summed E-state index contributed by atoms with van der Waals surface area (Å²) in [5.41, 5.74) is 0.230. The van der Waals surface area contributed by atoms with Gasteiger partial charge in [-0.25, -0.2) is 4.79 Å². The minimum absolute atomic E-state index is 0.230. The summed E-state index contributed by atoms with van der Waals surface area (Å²) in [6.45, 7) is 3.27. The fourth-order valence-electron chi connectivity index (χ4n) is 4.01. The zero-order valence-corrected chi connectivity index (χ0v) is 14.5. The number of ether oxygens (including phenoxy) is 1. The molecule has 2 heterocycles. The lowest BCUT2D eigenvalue weighted by atomic mass is 9.79. The average Bonchev–Trinajstić information content (AvgIpc) is 3.10. The molecular weight excluding hydrogens is 324 g/mol. The molecule has 0 saturated carbocycles. The molecule has 7 nitrogen and oxygen atoms in total. The van der Waals surface area contributed by atoms with E-state index in [9.17, 15) is 19.5 Å². The summed E-state index contributed by atoms with van der Waals surface area (Å²) in [5.74, 6) is -3.24. The van der Waals surface area contributed by atoms with Gasteiger partial charge < -0.3 is 9.84 Å². The first kappa shape index (κ1) is 17.6. The van der Waals surface area contributed by atoms with Gasteiger partial charge in [-0.2, -0.15) is 0 Å². The van der Waals surface area contributed by atoms with E-state index in [0.29, 0.717) is 0 Å². The molecule has 2 aliphatic heterocycles. The predicted molar refractivity (Wildman–Crippen MR) is 88.3 cm³/mol. The molecule has 2 saturated heterocycles. The van der Waals surface area contributed by atoms with Crippen molar-refractivity contribution in [2.24, 2.45) is 11.8 Å². The van der Waals surface area contributed by atoms with Gasteiger partial charge in [0.25, 0.3) is 0 Å². The van der Waals surface area contributed by atoms with Crippen LogP contribution in [0.1, 0.15) is 24.1 Å². The lowest BCUT2D eigenvalue weighted by Crippen LogP contribution is -2.58. The summed E-state index contributed by atoms with van der Waals surface area (Å²) in [5, 5.41) is 13.0. The number of hydrogen-bond acceptors (Lipinski definition) is 6. The van der Waals surface area contributed by atoms with Crippen molar-refractivity contribution >= 4 is 17.8 Å². The van der Waals surface area contributed by atoms with E-state index in [1.165, 1.54) is 7.11 Å². The second-order valence-corrected chi connectivity index (χ2v) is 6.58. The summed E-state index contributed by atoms with van der Waals surface area (Å²) < 4.78 is 4.85. The molecule has 4 atom stereocenters. The molecular formula is C18H22N2O5. The third-order valence-electron chi connectivity index (χ3n) is 5.30. The van der Waals surface area contributed by atoms with Crippen LogP contribution in [0.4, 0.5) is 0 Å². The molecule has 0 radical (unpaired) electrons. The smallest absolute Gasteiger partial charge is 0.329 e. The number of esters is 1. The molecule has 2 amide bonds. The van der Waals surface area contributed by atoms with Crippen molar-refractivity contribution in [3.63, 3.8) is 0 Å². The highest BCUT2D eigenvalue weighted by Crippen LogP contribution is 2.48. The molecule has 0 unspecified atom stereocenters. The van der Waals surface area contributed by atoms with Gasteiger partial charge in [0.1, 0.15) is 0 Å². The SMILES string of the molecule is CCN1C(=O)[C@H]2[C@@H](C1=O)[C@](CO)(C(=O)OC)N[C@H]2c1ccc(C)cc1. The van der Waals surface area contributed by atoms with Gasteiger partial charge >= 0.3 is 5.97 Å². The standard InChI is InChI=1S/C18H22N2O5/c1-4-20-15(22)12-13(16(20)23)18(9-21,17(24)25-3)19-14(12)11-7-5-10(2)6-8-11/h5-8,12-14,19,21H,4,9H2,1-3H3/t12-,13-,14-,18+/m0/s1. The molecule has 0 spiro atoms. The molecule has 0 aliphatic carbocycles. The number of carbonyl (C=O) groups excluding carboxylic acids is 3. The largest absolute Gasteiger partial charge is 0.468 e. The van der Waals surface area contributed by atoms with E-state index in [2.05, 4.69) is 5.32 Å². The van der Waals surface area contributed by atoms with Crippen molar-refractivity contribution in [3.8, 4) is 0 Å². The van der Waals surface area contributed by atoms with Gasteiger partial charge in [0.05, 0.1) is 25.6 Å². The van der Waals surface area contributed by atoms with Gasteiger partial charge in [-0.3, -0.25) is 19.8 Å². The minimum atomic E-state index is -1.62. The number of nitrogens with one attached hydrogen (secondary N) is 1. The summed E-state index contributed by atoms with van der Waals surface area (Å²) in [6.07, 6.45) is 0. The quantitative estimate of drug-likeness (QED) is 0.596. The summed E-state index contributed by atoms with van der Waals surface area (Å²) in [4.78, 5) is 39.2. The van der Waals surface area contributed by atoms with Crippen LogP contribution in [-0.2, 0) is 19.1 Å². The zero-order chi connectivity index (χ0) is 18.4. The number of likely N-dealkylation sites (tertiary alicyclic amines) is 1. The van der Waals surface area contributed by atoms with Crippen molar-refractivity contribution in [1.82, 2.24) is 10.2 Å². The topological polar surface area (TPSA) is 95.9 Å². The molecule has 134 valence electrons. The highest BCUT2D eigenvalue weighted by Gasteiger charge is 2.68. The lowest BCUT2D eigenvalue weighted by Gasteiger charge is -2.30. The van der Waals surface area contributed by atoms with Crippen molar-refractivity contribution < 1.29 is 24.2 Å². The zero-order valence-electron chi connectivity index (χ0n) is 14.5. The Bertz CT molecular complexity index is 717. The van der Waals surface area contributed by atoms with Crippen molar-refractivity contribution in [2.45, 2.75) is 25.4 Å².